The summed E-state index contributed by atoms with van der Waals surface area (Å²) in [5.41, 5.74) is 1.73. The van der Waals surface area contributed by atoms with Crippen molar-refractivity contribution in [3.05, 3.63) is 32.8 Å². The van der Waals surface area contributed by atoms with E-state index in [9.17, 15) is 4.79 Å². The number of carboxylic acids is 1. The number of aromatic carboxylic acids is 1. The zero-order valence-electron chi connectivity index (χ0n) is 7.75. The van der Waals surface area contributed by atoms with E-state index < -0.39 is 5.97 Å². The highest BCUT2D eigenvalue weighted by atomic mass is 127. The van der Waals surface area contributed by atoms with Crippen molar-refractivity contribution >= 4 is 39.9 Å². The van der Waals surface area contributed by atoms with E-state index in [2.05, 4.69) is 32.8 Å². The second kappa shape index (κ2) is 4.74. The van der Waals surface area contributed by atoms with Gasteiger partial charge in [-0.05, 0) is 40.8 Å². The van der Waals surface area contributed by atoms with Gasteiger partial charge in [0.2, 0.25) is 0 Å². The van der Waals surface area contributed by atoms with Crippen LogP contribution in [-0.4, -0.2) is 21.3 Å². The van der Waals surface area contributed by atoms with E-state index >= 15 is 0 Å². The molecule has 0 spiro atoms. The van der Waals surface area contributed by atoms with Crippen molar-refractivity contribution in [1.82, 2.24) is 10.2 Å². The fraction of sp³-hybridized carbons (Fsp3) is 0. The Labute approximate surface area is 108 Å². The van der Waals surface area contributed by atoms with E-state index in [1.54, 1.807) is 11.6 Å². The van der Waals surface area contributed by atoms with Crippen LogP contribution in [-0.2, 0) is 0 Å². The lowest BCUT2D eigenvalue weighted by Gasteiger charge is -2.04. The molecule has 0 radical (unpaired) electrons. The quantitative estimate of drug-likeness (QED) is 0.864. The van der Waals surface area contributed by atoms with Crippen LogP contribution in [0, 0.1) is 3.57 Å². The Hall–Kier alpha value is -1.22. The summed E-state index contributed by atoms with van der Waals surface area (Å²) in [6.07, 6.45) is 0. The number of nitrogens with zero attached hydrogens (tertiary/aromatic N) is 2. The molecule has 0 atom stereocenters. The summed E-state index contributed by atoms with van der Waals surface area (Å²) in [7, 11) is 0. The normalized spacial score (nSPS) is 10.1. The van der Waals surface area contributed by atoms with Crippen LogP contribution < -0.4 is 4.74 Å². The van der Waals surface area contributed by atoms with Crippen molar-refractivity contribution in [3.63, 3.8) is 0 Å². The number of carbonyl (C=O) groups is 1. The molecule has 0 bridgehead atoms. The van der Waals surface area contributed by atoms with Crippen LogP contribution in [0.5, 0.6) is 10.9 Å². The molecule has 1 aromatic carbocycles. The first-order chi connectivity index (χ1) is 7.66. The number of hydrogen-bond donors (Lipinski definition) is 1. The van der Waals surface area contributed by atoms with Crippen molar-refractivity contribution in [2.75, 3.05) is 0 Å². The highest BCUT2D eigenvalue weighted by Crippen LogP contribution is 2.28. The Bertz CT molecular complexity index is 515. The zero-order chi connectivity index (χ0) is 11.5. The second-order valence-electron chi connectivity index (χ2n) is 2.76. The lowest BCUT2D eigenvalue weighted by Crippen LogP contribution is -1.97. The van der Waals surface area contributed by atoms with Gasteiger partial charge < -0.3 is 9.84 Å². The Morgan fingerprint density at radius 3 is 2.94 bits per heavy atom. The average Bonchev–Trinajstić information content (AvgIpc) is 2.73. The molecular weight excluding hydrogens is 343 g/mol. The fourth-order valence-corrected chi connectivity index (χ4v) is 1.88. The highest BCUT2D eigenvalue weighted by molar-refractivity contribution is 14.1. The number of benzene rings is 1. The van der Waals surface area contributed by atoms with Crippen LogP contribution in [0.1, 0.15) is 10.4 Å². The van der Waals surface area contributed by atoms with E-state index in [0.717, 1.165) is 3.57 Å². The van der Waals surface area contributed by atoms with Crippen molar-refractivity contribution in [3.8, 4) is 10.9 Å². The van der Waals surface area contributed by atoms with Gasteiger partial charge in [-0.2, -0.15) is 0 Å². The largest absolute Gasteiger partial charge is 0.478 e. The molecule has 5 nitrogen and oxygen atoms in total. The molecule has 1 N–H and O–H groups in total. The molecule has 0 aliphatic rings. The zero-order valence-corrected chi connectivity index (χ0v) is 10.7. The van der Waals surface area contributed by atoms with Crippen LogP contribution in [0.3, 0.4) is 0 Å². The van der Waals surface area contributed by atoms with Gasteiger partial charge >= 0.3 is 5.97 Å². The summed E-state index contributed by atoms with van der Waals surface area (Å²) in [5, 5.41) is 16.6. The number of halogens is 1. The van der Waals surface area contributed by atoms with Crippen molar-refractivity contribution in [2.24, 2.45) is 0 Å². The van der Waals surface area contributed by atoms with Gasteiger partial charge in [0, 0.05) is 0 Å². The lowest BCUT2D eigenvalue weighted by atomic mass is 10.2. The van der Waals surface area contributed by atoms with Crippen LogP contribution >= 0.6 is 33.9 Å². The minimum atomic E-state index is -0.987. The van der Waals surface area contributed by atoms with E-state index in [-0.39, 0.29) is 5.56 Å². The molecule has 0 saturated carbocycles. The minimum Gasteiger partial charge on any atom is -0.478 e. The van der Waals surface area contributed by atoms with Gasteiger partial charge in [-0.1, -0.05) is 16.4 Å². The van der Waals surface area contributed by atoms with Gasteiger partial charge in [-0.15, -0.1) is 5.10 Å². The van der Waals surface area contributed by atoms with E-state index in [0.29, 0.717) is 10.9 Å². The van der Waals surface area contributed by atoms with Crippen molar-refractivity contribution in [1.29, 1.82) is 0 Å². The maximum atomic E-state index is 10.8. The molecule has 0 saturated heterocycles. The third-order valence-electron chi connectivity index (χ3n) is 1.72. The summed E-state index contributed by atoms with van der Waals surface area (Å²) < 4.78 is 6.23. The van der Waals surface area contributed by atoms with Gasteiger partial charge in [0.15, 0.2) is 0 Å². The minimum absolute atomic E-state index is 0.180. The summed E-state index contributed by atoms with van der Waals surface area (Å²) in [4.78, 5) is 10.8. The molecule has 0 aliphatic heterocycles. The molecule has 1 aromatic heterocycles. The highest BCUT2D eigenvalue weighted by Gasteiger charge is 2.09. The Morgan fingerprint density at radius 2 is 2.31 bits per heavy atom. The summed E-state index contributed by atoms with van der Waals surface area (Å²) in [6, 6.07) is 4.67. The number of aromatic nitrogens is 2. The van der Waals surface area contributed by atoms with Gasteiger partial charge in [-0.25, -0.2) is 4.79 Å². The third-order valence-corrected chi connectivity index (χ3v) is 3.17. The van der Waals surface area contributed by atoms with Crippen molar-refractivity contribution < 1.29 is 14.6 Å². The number of ether oxygens (including phenoxy) is 1. The van der Waals surface area contributed by atoms with E-state index in [1.165, 1.54) is 23.5 Å². The smallest absolute Gasteiger partial charge is 0.335 e. The molecule has 0 fully saturated rings. The van der Waals surface area contributed by atoms with Crippen molar-refractivity contribution in [2.45, 2.75) is 0 Å². The molecule has 0 aliphatic carbocycles. The van der Waals surface area contributed by atoms with Crippen LogP contribution in [0.2, 0.25) is 0 Å². The van der Waals surface area contributed by atoms with Crippen LogP contribution in [0.25, 0.3) is 0 Å². The third kappa shape index (κ3) is 2.47. The Kier molecular flexibility index (Phi) is 3.34. The predicted molar refractivity (Wildman–Crippen MR) is 66.1 cm³/mol. The SMILES string of the molecule is O=C(O)c1ccc(I)c(Oc2nncs2)c1. The Balaban J connectivity index is 2.32. The number of hydrogen-bond acceptors (Lipinski definition) is 5. The van der Waals surface area contributed by atoms with Gasteiger partial charge in [0.25, 0.3) is 5.19 Å². The molecule has 2 rings (SSSR count). The molecule has 1 heterocycles. The molecule has 7 heteroatoms. The van der Waals surface area contributed by atoms with E-state index in [1.807, 2.05) is 0 Å². The first kappa shape index (κ1) is 11.3. The fourth-order valence-electron chi connectivity index (χ4n) is 1.02. The van der Waals surface area contributed by atoms with E-state index in [4.69, 9.17) is 9.84 Å². The molecule has 0 unspecified atom stereocenters. The maximum Gasteiger partial charge on any atom is 0.335 e. The lowest BCUT2D eigenvalue weighted by molar-refractivity contribution is 0.0696. The monoisotopic (exact) mass is 348 g/mol. The molecule has 2 aromatic rings. The van der Waals surface area contributed by atoms with Gasteiger partial charge in [-0.3, -0.25) is 0 Å². The molecule has 0 amide bonds. The topological polar surface area (TPSA) is 72.3 Å². The molecule has 82 valence electrons. The Morgan fingerprint density at radius 1 is 1.50 bits per heavy atom. The number of rotatable bonds is 3. The first-order valence-corrected chi connectivity index (χ1v) is 6.09. The summed E-state index contributed by atoms with van der Waals surface area (Å²) in [6.45, 7) is 0. The maximum absolute atomic E-state index is 10.8. The second-order valence-corrected chi connectivity index (χ2v) is 4.72. The number of carboxylic acid groups (broad SMARTS) is 1. The summed E-state index contributed by atoms with van der Waals surface area (Å²) >= 11 is 3.31. The van der Waals surface area contributed by atoms with Crippen LogP contribution in [0.4, 0.5) is 0 Å². The van der Waals surface area contributed by atoms with Gasteiger partial charge in [0.05, 0.1) is 9.13 Å². The molecular formula is C9H5IN2O3S. The predicted octanol–water partition coefficient (Wildman–Crippen LogP) is 2.63. The summed E-state index contributed by atoms with van der Waals surface area (Å²) in [5.74, 6) is -0.518. The standard InChI is InChI=1S/C9H5IN2O3S/c10-6-2-1-5(8(13)14)3-7(6)15-9-12-11-4-16-9/h1-4H,(H,13,14). The van der Waals surface area contributed by atoms with Crippen LogP contribution in [0.15, 0.2) is 23.7 Å². The first-order valence-electron chi connectivity index (χ1n) is 4.13. The molecule has 16 heavy (non-hydrogen) atoms. The average molecular weight is 348 g/mol. The van der Waals surface area contributed by atoms with Gasteiger partial charge in [0.1, 0.15) is 11.3 Å².